The monoisotopic (exact) mass is 386 g/mol. The maximum absolute atomic E-state index is 10.5. The standard InChI is InChI=1S/C8H5Br3O3/c9-8(10,11)14-6-3-1-5(2-4-6)7(12)13/h1-4H,(H,12,13). The lowest BCUT2D eigenvalue weighted by Gasteiger charge is -2.14. The molecule has 0 saturated heterocycles. The Hall–Kier alpha value is -0.0700. The van der Waals surface area contributed by atoms with E-state index in [1.54, 1.807) is 12.1 Å². The second-order valence-corrected chi connectivity index (χ2v) is 8.92. The molecule has 1 aromatic carbocycles. The molecule has 0 aliphatic carbocycles. The maximum atomic E-state index is 10.5. The zero-order chi connectivity index (χ0) is 10.8. The number of carboxylic acid groups (broad SMARTS) is 1. The molecule has 1 N–H and O–H groups in total. The topological polar surface area (TPSA) is 46.5 Å². The van der Waals surface area contributed by atoms with Crippen LogP contribution in [0.5, 0.6) is 5.75 Å². The van der Waals surface area contributed by atoms with Gasteiger partial charge in [0, 0.05) is 0 Å². The zero-order valence-corrected chi connectivity index (χ0v) is 11.5. The van der Waals surface area contributed by atoms with Crippen molar-refractivity contribution in [1.82, 2.24) is 0 Å². The number of alkyl halides is 3. The number of aromatic carboxylic acids is 1. The summed E-state index contributed by atoms with van der Waals surface area (Å²) < 4.78 is 4.47. The van der Waals surface area contributed by atoms with Gasteiger partial charge in [0.25, 0.3) is 2.33 Å². The van der Waals surface area contributed by atoms with Crippen LogP contribution in [-0.4, -0.2) is 13.4 Å². The molecule has 0 heterocycles. The molecule has 0 unspecified atom stereocenters. The summed E-state index contributed by atoms with van der Waals surface area (Å²) in [6.07, 6.45) is 0. The van der Waals surface area contributed by atoms with Gasteiger partial charge in [-0.05, 0) is 72.1 Å². The van der Waals surface area contributed by atoms with Crippen molar-refractivity contribution in [2.24, 2.45) is 0 Å². The maximum Gasteiger partial charge on any atom is 0.335 e. The summed E-state index contributed by atoms with van der Waals surface area (Å²) in [6.45, 7) is 0. The van der Waals surface area contributed by atoms with Crippen LogP contribution in [0.25, 0.3) is 0 Å². The number of carbonyl (C=O) groups is 1. The fourth-order valence-corrected chi connectivity index (χ4v) is 1.36. The van der Waals surface area contributed by atoms with Gasteiger partial charge < -0.3 is 9.84 Å². The van der Waals surface area contributed by atoms with Crippen LogP contribution in [-0.2, 0) is 0 Å². The fraction of sp³-hybridized carbons (Fsp3) is 0.125. The van der Waals surface area contributed by atoms with Crippen LogP contribution >= 0.6 is 47.8 Å². The molecule has 6 heteroatoms. The van der Waals surface area contributed by atoms with Crippen LogP contribution in [0.1, 0.15) is 10.4 Å². The molecule has 76 valence electrons. The predicted octanol–water partition coefficient (Wildman–Crippen LogP) is 3.56. The van der Waals surface area contributed by atoms with Crippen molar-refractivity contribution in [1.29, 1.82) is 0 Å². The molecule has 0 radical (unpaired) electrons. The van der Waals surface area contributed by atoms with Crippen molar-refractivity contribution in [3.8, 4) is 5.75 Å². The second-order valence-electron chi connectivity index (χ2n) is 2.38. The minimum atomic E-state index is -0.959. The van der Waals surface area contributed by atoms with Crippen molar-refractivity contribution in [3.63, 3.8) is 0 Å². The minimum Gasteiger partial charge on any atom is -0.478 e. The highest BCUT2D eigenvalue weighted by Gasteiger charge is 2.19. The Labute approximate surface area is 106 Å². The van der Waals surface area contributed by atoms with E-state index in [2.05, 4.69) is 47.8 Å². The Morgan fingerprint density at radius 1 is 1.21 bits per heavy atom. The van der Waals surface area contributed by atoms with Crippen molar-refractivity contribution in [3.05, 3.63) is 29.8 Å². The summed E-state index contributed by atoms with van der Waals surface area (Å²) in [5, 5.41) is 8.64. The summed E-state index contributed by atoms with van der Waals surface area (Å²) in [5.41, 5.74) is 0.224. The fourth-order valence-electron chi connectivity index (χ4n) is 0.799. The van der Waals surface area contributed by atoms with Gasteiger partial charge in [0.2, 0.25) is 0 Å². The number of benzene rings is 1. The lowest BCUT2D eigenvalue weighted by molar-refractivity contribution is 0.0697. The molecule has 0 spiro atoms. The van der Waals surface area contributed by atoms with Crippen LogP contribution in [0.4, 0.5) is 0 Å². The first-order valence-electron chi connectivity index (χ1n) is 3.47. The molecule has 0 aliphatic rings. The molecule has 0 aliphatic heterocycles. The Morgan fingerprint density at radius 2 is 1.71 bits per heavy atom. The highest BCUT2D eigenvalue weighted by Crippen LogP contribution is 2.35. The quantitative estimate of drug-likeness (QED) is 0.788. The van der Waals surface area contributed by atoms with E-state index in [0.717, 1.165) is 0 Å². The molecular formula is C8H5Br3O3. The first kappa shape index (κ1) is 12.0. The normalized spacial score (nSPS) is 11.1. The van der Waals surface area contributed by atoms with Gasteiger partial charge >= 0.3 is 5.97 Å². The third kappa shape index (κ3) is 3.98. The summed E-state index contributed by atoms with van der Waals surface area (Å²) >= 11 is 9.47. The van der Waals surface area contributed by atoms with Crippen LogP contribution in [0.2, 0.25) is 0 Å². The summed E-state index contributed by atoms with van der Waals surface area (Å²) in [5.74, 6) is -0.417. The van der Waals surface area contributed by atoms with Crippen LogP contribution < -0.4 is 4.74 Å². The average molecular weight is 389 g/mol. The molecule has 1 rings (SSSR count). The Morgan fingerprint density at radius 3 is 2.07 bits per heavy atom. The summed E-state index contributed by atoms with van der Waals surface area (Å²) in [4.78, 5) is 10.5. The Balaban J connectivity index is 2.79. The highest BCUT2D eigenvalue weighted by molar-refractivity contribution is 9.39. The second kappa shape index (κ2) is 4.63. The van der Waals surface area contributed by atoms with E-state index in [0.29, 0.717) is 5.75 Å². The number of halogens is 3. The van der Waals surface area contributed by atoms with Crippen LogP contribution in [0.3, 0.4) is 0 Å². The molecule has 0 atom stereocenters. The van der Waals surface area contributed by atoms with E-state index in [4.69, 9.17) is 9.84 Å². The van der Waals surface area contributed by atoms with Gasteiger partial charge in [0.15, 0.2) is 0 Å². The highest BCUT2D eigenvalue weighted by atomic mass is 80.0. The van der Waals surface area contributed by atoms with Crippen molar-refractivity contribution in [2.75, 3.05) is 0 Å². The number of ether oxygens (including phenoxy) is 1. The Kier molecular flexibility index (Phi) is 3.97. The van der Waals surface area contributed by atoms with E-state index >= 15 is 0 Å². The largest absolute Gasteiger partial charge is 0.478 e. The van der Waals surface area contributed by atoms with Gasteiger partial charge in [-0.3, -0.25) is 0 Å². The van der Waals surface area contributed by atoms with Crippen LogP contribution in [0, 0.1) is 0 Å². The molecule has 0 fully saturated rings. The van der Waals surface area contributed by atoms with Crippen molar-refractivity contribution in [2.45, 2.75) is 2.33 Å². The molecule has 0 bridgehead atoms. The number of hydrogen-bond donors (Lipinski definition) is 1. The van der Waals surface area contributed by atoms with E-state index in [1.807, 2.05) is 0 Å². The van der Waals surface area contributed by atoms with E-state index in [-0.39, 0.29) is 5.56 Å². The van der Waals surface area contributed by atoms with Gasteiger partial charge in [-0.25, -0.2) is 4.79 Å². The molecule has 0 aromatic heterocycles. The third-order valence-corrected chi connectivity index (χ3v) is 1.82. The molecular weight excluding hydrogens is 384 g/mol. The van der Waals surface area contributed by atoms with Gasteiger partial charge in [-0.2, -0.15) is 0 Å². The van der Waals surface area contributed by atoms with Gasteiger partial charge in [0.05, 0.1) is 5.56 Å². The SMILES string of the molecule is O=C(O)c1ccc(OC(Br)(Br)Br)cc1. The van der Waals surface area contributed by atoms with E-state index < -0.39 is 8.30 Å². The predicted molar refractivity (Wildman–Crippen MR) is 63.5 cm³/mol. The van der Waals surface area contributed by atoms with Crippen LogP contribution in [0.15, 0.2) is 24.3 Å². The van der Waals surface area contributed by atoms with Crippen molar-refractivity contribution < 1.29 is 14.6 Å². The lowest BCUT2D eigenvalue weighted by Crippen LogP contribution is -2.10. The summed E-state index contributed by atoms with van der Waals surface area (Å²) in [7, 11) is 0. The Bertz CT molecular complexity index is 329. The average Bonchev–Trinajstić information content (AvgIpc) is 2.02. The lowest BCUT2D eigenvalue weighted by atomic mass is 10.2. The molecule has 1 aromatic rings. The summed E-state index contributed by atoms with van der Waals surface area (Å²) in [6, 6.07) is 6.08. The first-order chi connectivity index (χ1) is 6.38. The molecule has 0 saturated carbocycles. The number of carboxylic acids is 1. The third-order valence-electron chi connectivity index (χ3n) is 1.33. The van der Waals surface area contributed by atoms with Gasteiger partial charge in [0.1, 0.15) is 5.75 Å². The van der Waals surface area contributed by atoms with E-state index in [9.17, 15) is 4.79 Å². The van der Waals surface area contributed by atoms with E-state index in [1.165, 1.54) is 12.1 Å². The number of rotatable bonds is 2. The number of hydrogen-bond acceptors (Lipinski definition) is 2. The van der Waals surface area contributed by atoms with Gasteiger partial charge in [-0.1, -0.05) is 0 Å². The molecule has 0 amide bonds. The first-order valence-corrected chi connectivity index (χ1v) is 5.85. The van der Waals surface area contributed by atoms with Gasteiger partial charge in [-0.15, -0.1) is 0 Å². The molecule has 3 nitrogen and oxygen atoms in total. The van der Waals surface area contributed by atoms with Crippen molar-refractivity contribution >= 4 is 53.8 Å². The minimum absolute atomic E-state index is 0.224. The molecule has 14 heavy (non-hydrogen) atoms. The zero-order valence-electron chi connectivity index (χ0n) is 6.71. The smallest absolute Gasteiger partial charge is 0.335 e.